The van der Waals surface area contributed by atoms with Gasteiger partial charge in [0.1, 0.15) is 23.6 Å². The van der Waals surface area contributed by atoms with Crippen LogP contribution >= 0.6 is 11.3 Å². The smallest absolute Gasteiger partial charge is 0.212 e. The van der Waals surface area contributed by atoms with Crippen molar-refractivity contribution in [3.8, 4) is 17.2 Å². The van der Waals surface area contributed by atoms with Gasteiger partial charge in [-0.1, -0.05) is 59.9 Å². The summed E-state index contributed by atoms with van der Waals surface area (Å²) in [5.41, 5.74) is 1.64. The highest BCUT2D eigenvalue weighted by molar-refractivity contribution is 7.16. The Morgan fingerprint density at radius 2 is 1.72 bits per heavy atom. The van der Waals surface area contributed by atoms with Gasteiger partial charge in [-0.25, -0.2) is 9.50 Å². The summed E-state index contributed by atoms with van der Waals surface area (Å²) in [4.78, 5) is 5.48. The van der Waals surface area contributed by atoms with E-state index in [9.17, 15) is 0 Å². The molecule has 0 aliphatic rings. The fourth-order valence-electron chi connectivity index (χ4n) is 3.43. The van der Waals surface area contributed by atoms with E-state index in [-0.39, 0.29) is 0 Å². The summed E-state index contributed by atoms with van der Waals surface area (Å²) >= 11 is 1.52. The summed E-state index contributed by atoms with van der Waals surface area (Å²) < 4.78 is 13.6. The topological polar surface area (TPSA) is 52.6 Å². The zero-order valence-corrected chi connectivity index (χ0v) is 16.1. The number of benzene rings is 3. The zero-order chi connectivity index (χ0) is 19.2. The van der Waals surface area contributed by atoms with Gasteiger partial charge >= 0.3 is 0 Å². The second kappa shape index (κ2) is 6.46. The summed E-state index contributed by atoms with van der Waals surface area (Å²) in [6, 6.07) is 24.3. The molecule has 0 amide bonds. The normalized spacial score (nSPS) is 11.6. The lowest BCUT2D eigenvalue weighted by molar-refractivity contribution is 0.304. The first kappa shape index (κ1) is 16.3. The summed E-state index contributed by atoms with van der Waals surface area (Å²) in [6.45, 7) is 0.409. The third-order valence-electron chi connectivity index (χ3n) is 4.85. The van der Waals surface area contributed by atoms with Gasteiger partial charge in [0.15, 0.2) is 10.8 Å². The van der Waals surface area contributed by atoms with Crippen molar-refractivity contribution in [1.82, 2.24) is 14.6 Å². The molecule has 0 saturated heterocycles. The largest absolute Gasteiger partial charge is 0.486 e. The number of fused-ring (bicyclic) bond motifs is 3. The molecule has 3 aromatic carbocycles. The van der Waals surface area contributed by atoms with E-state index >= 15 is 0 Å². The van der Waals surface area contributed by atoms with Crippen LogP contribution in [0.4, 0.5) is 0 Å². The number of imidazole rings is 1. The van der Waals surface area contributed by atoms with Crippen molar-refractivity contribution < 1.29 is 9.15 Å². The van der Waals surface area contributed by atoms with E-state index in [0.717, 1.165) is 43.5 Å². The number of para-hydroxylation sites is 1. The summed E-state index contributed by atoms with van der Waals surface area (Å²) in [5.74, 6) is 1.58. The predicted octanol–water partition coefficient (Wildman–Crippen LogP) is 5.94. The van der Waals surface area contributed by atoms with Gasteiger partial charge in [0.25, 0.3) is 0 Å². The van der Waals surface area contributed by atoms with Crippen LogP contribution in [0.3, 0.4) is 0 Å². The quantitative estimate of drug-likeness (QED) is 0.370. The van der Waals surface area contributed by atoms with Gasteiger partial charge in [0.2, 0.25) is 4.96 Å². The highest BCUT2D eigenvalue weighted by Gasteiger charge is 2.13. The third-order valence-corrected chi connectivity index (χ3v) is 5.74. The van der Waals surface area contributed by atoms with Crippen molar-refractivity contribution in [2.24, 2.45) is 0 Å². The molecule has 6 heteroatoms. The van der Waals surface area contributed by atoms with Crippen molar-refractivity contribution in [2.75, 3.05) is 0 Å². The number of ether oxygens (including phenoxy) is 1. The van der Waals surface area contributed by atoms with Crippen molar-refractivity contribution in [3.05, 3.63) is 84.0 Å². The molecule has 5 nitrogen and oxygen atoms in total. The molecule has 0 aliphatic heterocycles. The number of aromatic nitrogens is 3. The van der Waals surface area contributed by atoms with Gasteiger partial charge in [-0.15, -0.1) is 0 Å². The molecule has 0 N–H and O–H groups in total. The van der Waals surface area contributed by atoms with E-state index in [2.05, 4.69) is 28.3 Å². The molecule has 0 aliphatic carbocycles. The highest BCUT2D eigenvalue weighted by atomic mass is 32.1. The first-order chi connectivity index (χ1) is 14.3. The maximum Gasteiger partial charge on any atom is 0.212 e. The van der Waals surface area contributed by atoms with Gasteiger partial charge < -0.3 is 9.15 Å². The monoisotopic (exact) mass is 397 g/mol. The Morgan fingerprint density at radius 3 is 2.59 bits per heavy atom. The summed E-state index contributed by atoms with van der Waals surface area (Å²) in [7, 11) is 0. The molecule has 29 heavy (non-hydrogen) atoms. The van der Waals surface area contributed by atoms with Crippen LogP contribution in [0.25, 0.3) is 38.2 Å². The molecule has 0 fully saturated rings. The minimum absolute atomic E-state index is 0.409. The molecular weight excluding hydrogens is 382 g/mol. The Hall–Kier alpha value is -3.64. The maximum atomic E-state index is 5.94. The minimum atomic E-state index is 0.409. The molecule has 0 saturated carbocycles. The van der Waals surface area contributed by atoms with Crippen molar-refractivity contribution in [1.29, 1.82) is 0 Å². The Kier molecular flexibility index (Phi) is 3.64. The molecule has 3 heterocycles. The molecular formula is C23H15N3O2S. The second-order valence-electron chi connectivity index (χ2n) is 6.80. The van der Waals surface area contributed by atoms with Crippen LogP contribution in [0.15, 0.2) is 83.4 Å². The molecule has 0 atom stereocenters. The summed E-state index contributed by atoms with van der Waals surface area (Å²) in [6.07, 6.45) is 1.89. The Morgan fingerprint density at radius 1 is 0.897 bits per heavy atom. The predicted molar refractivity (Wildman–Crippen MR) is 114 cm³/mol. The Balaban J connectivity index is 1.23. The Labute approximate surface area is 169 Å². The van der Waals surface area contributed by atoms with E-state index in [1.807, 2.05) is 60.8 Å². The molecule has 0 unspecified atom stereocenters. The van der Waals surface area contributed by atoms with Crippen molar-refractivity contribution in [3.63, 3.8) is 0 Å². The standard InChI is InChI=1S/C23H15N3O2S/c1-2-6-16-11-18(10-9-15(16)5-1)27-14-22-25-26-13-19(24-23(26)29-22)21-12-17-7-3-4-8-20(17)28-21/h1-13H,14H2. The lowest BCUT2D eigenvalue weighted by atomic mass is 10.1. The molecule has 140 valence electrons. The van der Waals surface area contributed by atoms with Crippen LogP contribution in [0.2, 0.25) is 0 Å². The van der Waals surface area contributed by atoms with Crippen LogP contribution in [-0.4, -0.2) is 14.6 Å². The van der Waals surface area contributed by atoms with Gasteiger partial charge in [-0.05, 0) is 35.0 Å². The van der Waals surface area contributed by atoms with E-state index in [1.54, 1.807) is 4.52 Å². The fraction of sp³-hybridized carbons (Fsp3) is 0.0435. The van der Waals surface area contributed by atoms with Crippen LogP contribution in [0.1, 0.15) is 5.01 Å². The SMILES string of the molecule is c1ccc2cc(OCc3nn4cc(-c5cc6ccccc6o5)nc4s3)ccc2c1. The maximum absolute atomic E-state index is 5.94. The van der Waals surface area contributed by atoms with Gasteiger partial charge in [0.05, 0.1) is 6.20 Å². The van der Waals surface area contributed by atoms with Crippen molar-refractivity contribution in [2.45, 2.75) is 6.61 Å². The van der Waals surface area contributed by atoms with Crippen molar-refractivity contribution >= 4 is 38.0 Å². The van der Waals surface area contributed by atoms with E-state index in [1.165, 1.54) is 16.7 Å². The van der Waals surface area contributed by atoms with Gasteiger partial charge in [-0.3, -0.25) is 0 Å². The van der Waals surface area contributed by atoms with Crippen LogP contribution < -0.4 is 4.74 Å². The van der Waals surface area contributed by atoms with E-state index in [0.29, 0.717) is 6.61 Å². The zero-order valence-electron chi connectivity index (χ0n) is 15.3. The molecule has 0 spiro atoms. The fourth-order valence-corrected chi connectivity index (χ4v) is 4.22. The first-order valence-corrected chi connectivity index (χ1v) is 10.1. The number of rotatable bonds is 4. The van der Waals surface area contributed by atoms with E-state index < -0.39 is 0 Å². The molecule has 0 radical (unpaired) electrons. The number of hydrogen-bond donors (Lipinski definition) is 0. The molecule has 3 aromatic heterocycles. The highest BCUT2D eigenvalue weighted by Crippen LogP contribution is 2.29. The van der Waals surface area contributed by atoms with Crippen LogP contribution in [0, 0.1) is 0 Å². The van der Waals surface area contributed by atoms with E-state index in [4.69, 9.17) is 9.15 Å². The lowest BCUT2D eigenvalue weighted by Crippen LogP contribution is -1.95. The minimum Gasteiger partial charge on any atom is -0.486 e. The average Bonchev–Trinajstić information content (AvgIpc) is 3.44. The lowest BCUT2D eigenvalue weighted by Gasteiger charge is -2.05. The third kappa shape index (κ3) is 2.94. The molecule has 6 rings (SSSR count). The number of furan rings is 1. The summed E-state index contributed by atoms with van der Waals surface area (Å²) in [5, 5.41) is 8.90. The first-order valence-electron chi connectivity index (χ1n) is 9.27. The van der Waals surface area contributed by atoms with Gasteiger partial charge in [0, 0.05) is 5.39 Å². The Bertz CT molecular complexity index is 1410. The number of hydrogen-bond acceptors (Lipinski definition) is 5. The van der Waals surface area contributed by atoms with Crippen LogP contribution in [-0.2, 0) is 6.61 Å². The number of nitrogens with zero attached hydrogens (tertiary/aromatic N) is 3. The second-order valence-corrected chi connectivity index (χ2v) is 7.84. The van der Waals surface area contributed by atoms with Crippen LogP contribution in [0.5, 0.6) is 5.75 Å². The molecule has 6 aromatic rings. The molecule has 0 bridgehead atoms. The average molecular weight is 397 g/mol. The van der Waals surface area contributed by atoms with Gasteiger partial charge in [-0.2, -0.15) is 5.10 Å².